The Morgan fingerprint density at radius 2 is 2.13 bits per heavy atom. The molecule has 1 unspecified atom stereocenters. The van der Waals surface area contributed by atoms with Gasteiger partial charge in [0.15, 0.2) is 0 Å². The van der Waals surface area contributed by atoms with Gasteiger partial charge in [-0.05, 0) is 46.9 Å². The third-order valence-electron chi connectivity index (χ3n) is 2.35. The number of pyridine rings is 1. The first-order valence-electron chi connectivity index (χ1n) is 5.50. The van der Waals surface area contributed by atoms with Gasteiger partial charge in [-0.3, -0.25) is 4.98 Å². The predicted molar refractivity (Wildman–Crippen MR) is 67.8 cm³/mol. The fourth-order valence-corrected chi connectivity index (χ4v) is 1.79. The minimum absolute atomic E-state index is 0.359. The smallest absolute Gasteiger partial charge is 0.0576 e. The summed E-state index contributed by atoms with van der Waals surface area (Å²) in [5.74, 6) is 0.560. The molecule has 84 valence electrons. The highest BCUT2D eigenvalue weighted by molar-refractivity contribution is 9.10. The number of hydrogen-bond acceptors (Lipinski definition) is 2. The first-order valence-corrected chi connectivity index (χ1v) is 6.29. The molecular weight excluding hydrogens is 252 g/mol. The highest BCUT2D eigenvalue weighted by atomic mass is 79.9. The molecule has 1 atom stereocenters. The average Bonchev–Trinajstić information content (AvgIpc) is 2.21. The minimum atomic E-state index is 0.359. The van der Waals surface area contributed by atoms with Gasteiger partial charge in [-0.2, -0.15) is 0 Å². The van der Waals surface area contributed by atoms with Gasteiger partial charge in [-0.15, -0.1) is 0 Å². The largest absolute Gasteiger partial charge is 0.308 e. The Morgan fingerprint density at radius 3 is 2.60 bits per heavy atom. The van der Waals surface area contributed by atoms with E-state index in [0.717, 1.165) is 23.1 Å². The zero-order valence-corrected chi connectivity index (χ0v) is 11.2. The molecule has 0 saturated heterocycles. The van der Waals surface area contributed by atoms with Crippen LogP contribution in [0.4, 0.5) is 0 Å². The summed E-state index contributed by atoms with van der Waals surface area (Å²) in [6.45, 7) is 7.66. The van der Waals surface area contributed by atoms with E-state index >= 15 is 0 Å². The molecule has 0 saturated carbocycles. The second-order valence-electron chi connectivity index (χ2n) is 4.08. The quantitative estimate of drug-likeness (QED) is 0.886. The average molecular weight is 271 g/mol. The van der Waals surface area contributed by atoms with Crippen LogP contribution in [-0.4, -0.2) is 11.5 Å². The summed E-state index contributed by atoms with van der Waals surface area (Å²) in [6.07, 6.45) is 3.01. The highest BCUT2D eigenvalue weighted by Crippen LogP contribution is 2.20. The van der Waals surface area contributed by atoms with Crippen LogP contribution >= 0.6 is 15.9 Å². The van der Waals surface area contributed by atoms with Gasteiger partial charge < -0.3 is 5.32 Å². The van der Waals surface area contributed by atoms with E-state index in [1.54, 1.807) is 0 Å². The van der Waals surface area contributed by atoms with Crippen molar-refractivity contribution < 1.29 is 0 Å². The van der Waals surface area contributed by atoms with Gasteiger partial charge in [0.05, 0.1) is 11.7 Å². The fourth-order valence-electron chi connectivity index (χ4n) is 1.55. The summed E-state index contributed by atoms with van der Waals surface area (Å²) in [6, 6.07) is 4.49. The molecule has 0 fully saturated rings. The van der Waals surface area contributed by atoms with Crippen molar-refractivity contribution in [2.75, 3.05) is 6.54 Å². The molecule has 0 aliphatic rings. The molecule has 0 amide bonds. The van der Waals surface area contributed by atoms with Crippen LogP contribution in [0.1, 0.15) is 38.9 Å². The maximum atomic E-state index is 4.44. The summed E-state index contributed by atoms with van der Waals surface area (Å²) >= 11 is 3.40. The monoisotopic (exact) mass is 270 g/mol. The molecule has 15 heavy (non-hydrogen) atoms. The zero-order chi connectivity index (χ0) is 11.3. The van der Waals surface area contributed by atoms with Crippen molar-refractivity contribution in [2.24, 2.45) is 5.92 Å². The molecular formula is C12H19BrN2. The normalized spacial score (nSPS) is 13.1. The molecule has 1 aromatic heterocycles. The Labute approximate surface area is 101 Å². The summed E-state index contributed by atoms with van der Waals surface area (Å²) in [7, 11) is 0. The van der Waals surface area contributed by atoms with Crippen LogP contribution in [0.25, 0.3) is 0 Å². The van der Waals surface area contributed by atoms with Crippen LogP contribution in [0.2, 0.25) is 0 Å². The number of aromatic nitrogens is 1. The van der Waals surface area contributed by atoms with Crippen molar-refractivity contribution in [2.45, 2.75) is 33.2 Å². The van der Waals surface area contributed by atoms with Crippen molar-refractivity contribution in [3.05, 3.63) is 28.5 Å². The lowest BCUT2D eigenvalue weighted by Crippen LogP contribution is -2.27. The van der Waals surface area contributed by atoms with Crippen molar-refractivity contribution >= 4 is 15.9 Å². The number of halogens is 1. The van der Waals surface area contributed by atoms with Crippen LogP contribution < -0.4 is 5.32 Å². The molecule has 2 nitrogen and oxygen atoms in total. The summed E-state index contributed by atoms with van der Waals surface area (Å²) in [4.78, 5) is 4.44. The maximum absolute atomic E-state index is 4.44. The summed E-state index contributed by atoms with van der Waals surface area (Å²) < 4.78 is 1.03. The van der Waals surface area contributed by atoms with Gasteiger partial charge in [0, 0.05) is 10.7 Å². The van der Waals surface area contributed by atoms with Gasteiger partial charge in [-0.1, -0.05) is 20.8 Å². The Hall–Kier alpha value is -0.410. The van der Waals surface area contributed by atoms with E-state index in [-0.39, 0.29) is 0 Å². The van der Waals surface area contributed by atoms with E-state index in [1.165, 1.54) is 0 Å². The predicted octanol–water partition coefficient (Wildman–Crippen LogP) is 3.54. The molecule has 3 heteroatoms. The highest BCUT2D eigenvalue weighted by Gasteiger charge is 2.15. The molecule has 0 aliphatic heterocycles. The molecule has 1 heterocycles. The van der Waals surface area contributed by atoms with Crippen LogP contribution in [0.3, 0.4) is 0 Å². The first-order chi connectivity index (χ1) is 7.15. The minimum Gasteiger partial charge on any atom is -0.308 e. The van der Waals surface area contributed by atoms with Gasteiger partial charge in [0.1, 0.15) is 0 Å². The Balaban J connectivity index is 2.74. The molecule has 0 aliphatic carbocycles. The van der Waals surface area contributed by atoms with Gasteiger partial charge >= 0.3 is 0 Å². The van der Waals surface area contributed by atoms with Crippen molar-refractivity contribution in [3.63, 3.8) is 0 Å². The number of nitrogens with one attached hydrogen (secondary N) is 1. The van der Waals surface area contributed by atoms with E-state index < -0.39 is 0 Å². The van der Waals surface area contributed by atoms with Gasteiger partial charge in [-0.25, -0.2) is 0 Å². The third kappa shape index (κ3) is 3.92. The Bertz CT molecular complexity index is 282. The van der Waals surface area contributed by atoms with Crippen LogP contribution in [0.5, 0.6) is 0 Å². The van der Waals surface area contributed by atoms with Crippen LogP contribution in [0.15, 0.2) is 22.8 Å². The Morgan fingerprint density at radius 1 is 1.40 bits per heavy atom. The van der Waals surface area contributed by atoms with Crippen molar-refractivity contribution in [1.29, 1.82) is 0 Å². The molecule has 0 aromatic carbocycles. The van der Waals surface area contributed by atoms with Crippen molar-refractivity contribution in [1.82, 2.24) is 10.3 Å². The van der Waals surface area contributed by atoms with E-state index in [9.17, 15) is 0 Å². The van der Waals surface area contributed by atoms with Gasteiger partial charge in [0.2, 0.25) is 0 Å². The van der Waals surface area contributed by atoms with Gasteiger partial charge in [0.25, 0.3) is 0 Å². The molecule has 1 aromatic rings. The Kier molecular flexibility index (Phi) is 5.26. The topological polar surface area (TPSA) is 24.9 Å². The second-order valence-corrected chi connectivity index (χ2v) is 4.99. The third-order valence-corrected chi connectivity index (χ3v) is 2.82. The van der Waals surface area contributed by atoms with Crippen molar-refractivity contribution in [3.8, 4) is 0 Å². The SMILES string of the molecule is CCCNC(c1ccc(Br)cn1)C(C)C. The van der Waals surface area contributed by atoms with E-state index in [1.807, 2.05) is 12.3 Å². The van der Waals surface area contributed by atoms with Crippen LogP contribution in [-0.2, 0) is 0 Å². The van der Waals surface area contributed by atoms with Crippen LogP contribution in [0, 0.1) is 5.92 Å². The summed E-state index contributed by atoms with van der Waals surface area (Å²) in [5.41, 5.74) is 1.13. The molecule has 1 rings (SSSR count). The zero-order valence-electron chi connectivity index (χ0n) is 9.63. The lowest BCUT2D eigenvalue weighted by molar-refractivity contribution is 0.404. The number of nitrogens with zero attached hydrogens (tertiary/aromatic N) is 1. The fraction of sp³-hybridized carbons (Fsp3) is 0.583. The first kappa shape index (κ1) is 12.7. The number of hydrogen-bond donors (Lipinski definition) is 1. The lowest BCUT2D eigenvalue weighted by atomic mass is 10.0. The standard InChI is InChI=1S/C12H19BrN2/c1-4-7-14-12(9(2)3)11-6-5-10(13)8-15-11/h5-6,8-9,12,14H,4,7H2,1-3H3. The van der Waals surface area contributed by atoms with E-state index in [0.29, 0.717) is 12.0 Å². The molecule has 0 spiro atoms. The molecule has 0 bridgehead atoms. The second kappa shape index (κ2) is 6.23. The maximum Gasteiger partial charge on any atom is 0.0576 e. The number of rotatable bonds is 5. The molecule has 0 radical (unpaired) electrons. The van der Waals surface area contributed by atoms with E-state index in [2.05, 4.69) is 53.1 Å². The van der Waals surface area contributed by atoms with E-state index in [4.69, 9.17) is 0 Å². The lowest BCUT2D eigenvalue weighted by Gasteiger charge is -2.21. The summed E-state index contributed by atoms with van der Waals surface area (Å²) in [5, 5.41) is 3.53. The molecule has 1 N–H and O–H groups in total.